The highest BCUT2D eigenvalue weighted by atomic mass is 16.6. The standard InChI is InChI=1S/C13H15NO6/c1-19-12(15)4-2-3-5-13(16)20-11-8-6-10(7-9-11)14(17)18/h6-9H,2-5H2,1H3. The number of carbonyl (C=O) groups excluding carboxylic acids is 2. The van der Waals surface area contributed by atoms with E-state index in [0.29, 0.717) is 12.8 Å². The van der Waals surface area contributed by atoms with Crippen molar-refractivity contribution >= 4 is 17.6 Å². The third-order valence-corrected chi connectivity index (χ3v) is 2.52. The summed E-state index contributed by atoms with van der Waals surface area (Å²) in [6.45, 7) is 0. The quantitative estimate of drug-likeness (QED) is 0.250. The first kappa shape index (κ1) is 15.6. The number of unbranched alkanes of at least 4 members (excludes halogenated alkanes) is 1. The maximum atomic E-state index is 11.5. The Morgan fingerprint density at radius 1 is 1.10 bits per heavy atom. The molecule has 20 heavy (non-hydrogen) atoms. The van der Waals surface area contributed by atoms with E-state index in [2.05, 4.69) is 4.74 Å². The van der Waals surface area contributed by atoms with Gasteiger partial charge in [-0.25, -0.2) is 0 Å². The molecular formula is C13H15NO6. The zero-order valence-electron chi connectivity index (χ0n) is 11.0. The zero-order chi connectivity index (χ0) is 15.0. The van der Waals surface area contributed by atoms with Crippen LogP contribution in [0.2, 0.25) is 0 Å². The summed E-state index contributed by atoms with van der Waals surface area (Å²) in [5.41, 5.74) is -0.0668. The van der Waals surface area contributed by atoms with E-state index in [1.165, 1.54) is 31.4 Å². The minimum atomic E-state index is -0.529. The Hall–Kier alpha value is -2.44. The van der Waals surface area contributed by atoms with E-state index in [1.54, 1.807) is 0 Å². The molecule has 0 aromatic heterocycles. The van der Waals surface area contributed by atoms with Crippen LogP contribution in [0, 0.1) is 10.1 Å². The summed E-state index contributed by atoms with van der Waals surface area (Å²) < 4.78 is 9.48. The van der Waals surface area contributed by atoms with Crippen LogP contribution in [-0.4, -0.2) is 24.0 Å². The van der Waals surface area contributed by atoms with Crippen molar-refractivity contribution in [2.45, 2.75) is 25.7 Å². The van der Waals surface area contributed by atoms with Gasteiger partial charge in [0.1, 0.15) is 5.75 Å². The normalized spacial score (nSPS) is 9.85. The maximum Gasteiger partial charge on any atom is 0.311 e. The number of ether oxygens (including phenoxy) is 2. The number of rotatable bonds is 7. The minimum Gasteiger partial charge on any atom is -0.469 e. The molecule has 0 saturated carbocycles. The van der Waals surface area contributed by atoms with E-state index < -0.39 is 10.9 Å². The van der Waals surface area contributed by atoms with Gasteiger partial charge in [-0.1, -0.05) is 0 Å². The number of hydrogen-bond acceptors (Lipinski definition) is 6. The number of carbonyl (C=O) groups is 2. The molecule has 0 aliphatic carbocycles. The molecule has 0 unspecified atom stereocenters. The molecule has 0 N–H and O–H groups in total. The van der Waals surface area contributed by atoms with Crippen LogP contribution < -0.4 is 4.74 Å². The van der Waals surface area contributed by atoms with Crippen LogP contribution in [-0.2, 0) is 14.3 Å². The second-order valence-electron chi connectivity index (χ2n) is 4.01. The number of non-ortho nitro benzene ring substituents is 1. The fourth-order valence-electron chi connectivity index (χ4n) is 1.46. The summed E-state index contributed by atoms with van der Waals surface area (Å²) in [7, 11) is 1.31. The van der Waals surface area contributed by atoms with Gasteiger partial charge < -0.3 is 9.47 Å². The Morgan fingerprint density at radius 2 is 1.65 bits per heavy atom. The molecule has 0 bridgehead atoms. The number of nitro benzene ring substituents is 1. The molecule has 1 aromatic rings. The van der Waals surface area contributed by atoms with Gasteiger partial charge >= 0.3 is 11.9 Å². The zero-order valence-corrected chi connectivity index (χ0v) is 11.0. The van der Waals surface area contributed by atoms with Crippen molar-refractivity contribution in [3.63, 3.8) is 0 Å². The number of esters is 2. The summed E-state index contributed by atoms with van der Waals surface area (Å²) in [6, 6.07) is 5.26. The van der Waals surface area contributed by atoms with Crippen LogP contribution in [0.4, 0.5) is 5.69 Å². The average Bonchev–Trinajstić information content (AvgIpc) is 2.43. The third-order valence-electron chi connectivity index (χ3n) is 2.52. The average molecular weight is 281 g/mol. The number of methoxy groups -OCH3 is 1. The van der Waals surface area contributed by atoms with Gasteiger partial charge in [0, 0.05) is 25.0 Å². The number of benzene rings is 1. The van der Waals surface area contributed by atoms with Gasteiger partial charge in [0.2, 0.25) is 0 Å². The van der Waals surface area contributed by atoms with Crippen molar-refractivity contribution < 1.29 is 24.0 Å². The smallest absolute Gasteiger partial charge is 0.311 e. The SMILES string of the molecule is COC(=O)CCCCC(=O)Oc1ccc([N+](=O)[O-])cc1. The molecule has 0 aliphatic heterocycles. The maximum absolute atomic E-state index is 11.5. The van der Waals surface area contributed by atoms with Gasteiger partial charge in [0.25, 0.3) is 5.69 Å². The highest BCUT2D eigenvalue weighted by molar-refractivity contribution is 5.72. The van der Waals surface area contributed by atoms with E-state index in [1.807, 2.05) is 0 Å². The molecule has 0 aliphatic rings. The lowest BCUT2D eigenvalue weighted by atomic mass is 10.2. The molecule has 0 radical (unpaired) electrons. The van der Waals surface area contributed by atoms with E-state index in [9.17, 15) is 19.7 Å². The monoisotopic (exact) mass is 281 g/mol. The molecule has 108 valence electrons. The van der Waals surface area contributed by atoms with Gasteiger partial charge in [-0.05, 0) is 25.0 Å². The highest BCUT2D eigenvalue weighted by Gasteiger charge is 2.08. The van der Waals surface area contributed by atoms with Crippen molar-refractivity contribution in [1.29, 1.82) is 0 Å². The van der Waals surface area contributed by atoms with Gasteiger partial charge in [-0.3, -0.25) is 19.7 Å². The Labute approximate surface area is 115 Å². The molecule has 7 nitrogen and oxygen atoms in total. The van der Waals surface area contributed by atoms with E-state index in [0.717, 1.165) is 0 Å². The van der Waals surface area contributed by atoms with Crippen molar-refractivity contribution in [3.8, 4) is 5.75 Å². The molecule has 1 aromatic carbocycles. The van der Waals surface area contributed by atoms with Crippen molar-refractivity contribution in [2.75, 3.05) is 7.11 Å². The third kappa shape index (κ3) is 5.47. The number of nitro groups is 1. The first-order valence-electron chi connectivity index (χ1n) is 6.05. The summed E-state index contributed by atoms with van der Waals surface area (Å²) >= 11 is 0. The van der Waals surface area contributed by atoms with Gasteiger partial charge in [-0.15, -0.1) is 0 Å². The Balaban J connectivity index is 2.31. The second kappa shape index (κ2) is 7.88. The first-order chi connectivity index (χ1) is 9.52. The van der Waals surface area contributed by atoms with Gasteiger partial charge in [-0.2, -0.15) is 0 Å². The Bertz CT molecular complexity index is 482. The summed E-state index contributed by atoms with van der Waals surface area (Å²) in [5.74, 6) is -0.494. The molecule has 7 heteroatoms. The minimum absolute atomic E-state index is 0.0668. The van der Waals surface area contributed by atoms with Crippen LogP contribution in [0.25, 0.3) is 0 Å². The lowest BCUT2D eigenvalue weighted by Gasteiger charge is -2.03. The van der Waals surface area contributed by atoms with E-state index >= 15 is 0 Å². The predicted molar refractivity (Wildman–Crippen MR) is 69.2 cm³/mol. The summed E-state index contributed by atoms with van der Waals surface area (Å²) in [5, 5.41) is 10.4. The topological polar surface area (TPSA) is 95.7 Å². The van der Waals surface area contributed by atoms with Crippen LogP contribution in [0.15, 0.2) is 24.3 Å². The molecule has 0 spiro atoms. The Morgan fingerprint density at radius 3 is 2.15 bits per heavy atom. The van der Waals surface area contributed by atoms with Crippen LogP contribution in [0.5, 0.6) is 5.75 Å². The lowest BCUT2D eigenvalue weighted by molar-refractivity contribution is -0.384. The van der Waals surface area contributed by atoms with Crippen LogP contribution in [0.1, 0.15) is 25.7 Å². The first-order valence-corrected chi connectivity index (χ1v) is 6.05. The van der Waals surface area contributed by atoms with Crippen LogP contribution >= 0.6 is 0 Å². The summed E-state index contributed by atoms with van der Waals surface area (Å²) in [6.07, 6.45) is 1.50. The molecule has 1 rings (SSSR count). The molecule has 0 atom stereocenters. The van der Waals surface area contributed by atoms with Crippen molar-refractivity contribution in [1.82, 2.24) is 0 Å². The van der Waals surface area contributed by atoms with E-state index in [4.69, 9.17) is 4.74 Å². The van der Waals surface area contributed by atoms with E-state index in [-0.39, 0.29) is 30.2 Å². The predicted octanol–water partition coefficient (Wildman–Crippen LogP) is 2.23. The van der Waals surface area contributed by atoms with Gasteiger partial charge in [0.05, 0.1) is 12.0 Å². The van der Waals surface area contributed by atoms with Crippen molar-refractivity contribution in [3.05, 3.63) is 34.4 Å². The highest BCUT2D eigenvalue weighted by Crippen LogP contribution is 2.18. The fourth-order valence-corrected chi connectivity index (χ4v) is 1.46. The number of nitrogens with zero attached hydrogens (tertiary/aromatic N) is 1. The molecule has 0 fully saturated rings. The largest absolute Gasteiger partial charge is 0.469 e. The summed E-state index contributed by atoms with van der Waals surface area (Å²) in [4.78, 5) is 32.2. The Kier molecular flexibility index (Phi) is 6.15. The van der Waals surface area contributed by atoms with Gasteiger partial charge in [0.15, 0.2) is 0 Å². The second-order valence-corrected chi connectivity index (χ2v) is 4.01. The molecular weight excluding hydrogens is 266 g/mol. The number of hydrogen-bond donors (Lipinski definition) is 0. The molecule has 0 saturated heterocycles. The van der Waals surface area contributed by atoms with Crippen LogP contribution in [0.3, 0.4) is 0 Å². The fraction of sp³-hybridized carbons (Fsp3) is 0.385. The van der Waals surface area contributed by atoms with Crippen molar-refractivity contribution in [2.24, 2.45) is 0 Å². The molecule has 0 heterocycles. The lowest BCUT2D eigenvalue weighted by Crippen LogP contribution is -2.08. The molecule has 0 amide bonds.